The molecule has 0 unspecified atom stereocenters. The molecule has 0 radical (unpaired) electrons. The van der Waals surface area contributed by atoms with Gasteiger partial charge < -0.3 is 9.47 Å². The molecule has 1 aliphatic carbocycles. The Hall–Kier alpha value is -2.49. The summed E-state index contributed by atoms with van der Waals surface area (Å²) in [5.74, 6) is -1.92. The van der Waals surface area contributed by atoms with E-state index in [9.17, 15) is 31.1 Å². The van der Waals surface area contributed by atoms with Crippen molar-refractivity contribution >= 4 is 16.7 Å². The second-order valence-electron chi connectivity index (χ2n) is 10.1. The number of nitrogens with zero attached hydrogens (tertiary/aromatic N) is 1. The minimum atomic E-state index is -4.70. The summed E-state index contributed by atoms with van der Waals surface area (Å²) in [5, 5.41) is 0.465. The lowest BCUT2D eigenvalue weighted by atomic mass is 9.87. The molecule has 2 aromatic rings. The number of halogens is 6. The number of alkyl halides is 6. The van der Waals surface area contributed by atoms with Gasteiger partial charge in [-0.05, 0) is 73.4 Å². The fourth-order valence-corrected chi connectivity index (χ4v) is 5.64. The summed E-state index contributed by atoms with van der Waals surface area (Å²) < 4.78 is 92.2. The molecule has 1 saturated heterocycles. The Balaban J connectivity index is 1.55. The second kappa shape index (κ2) is 11.1. The summed E-state index contributed by atoms with van der Waals surface area (Å²) in [5.41, 5.74) is -0.161. The van der Waals surface area contributed by atoms with Gasteiger partial charge in [-0.2, -0.15) is 26.3 Å². The maximum absolute atomic E-state index is 14.3. The zero-order valence-corrected chi connectivity index (χ0v) is 20.6. The normalized spacial score (nSPS) is 23.7. The van der Waals surface area contributed by atoms with Crippen LogP contribution in [0.15, 0.2) is 30.3 Å². The minimum Gasteiger partial charge on any atom is -0.490 e. The number of benzene rings is 2. The topological polar surface area (TPSA) is 38.8 Å². The molecule has 37 heavy (non-hydrogen) atoms. The standard InChI is InChI=1S/C27H31F6NO3/c1-36-24(35)14-17-4-3-13-34(15-17)16-18-5-2-6-22-21(18)11-12-23(25(22)27(31,32)33)37-20-9-7-19(8-10-20)26(28,29)30/h2,5-6,11-12,17,19-20H,3-4,7-10,13-16H2,1H3/t17-,19-,20+/m1/s1. The molecule has 1 atom stereocenters. The number of piperidine rings is 1. The number of rotatable bonds is 6. The number of esters is 1. The van der Waals surface area contributed by atoms with E-state index in [4.69, 9.17) is 9.47 Å². The molecule has 4 rings (SSSR count). The first-order valence-electron chi connectivity index (χ1n) is 12.6. The van der Waals surface area contributed by atoms with Gasteiger partial charge in [0, 0.05) is 19.5 Å². The Morgan fingerprint density at radius 2 is 1.70 bits per heavy atom. The fourth-order valence-electron chi connectivity index (χ4n) is 5.64. The highest BCUT2D eigenvalue weighted by Gasteiger charge is 2.43. The molecule has 0 amide bonds. The molecular weight excluding hydrogens is 500 g/mol. The van der Waals surface area contributed by atoms with Crippen molar-refractivity contribution in [2.45, 2.75) is 69.9 Å². The van der Waals surface area contributed by atoms with E-state index in [1.807, 2.05) is 0 Å². The SMILES string of the molecule is COC(=O)C[C@H]1CCCN(Cc2cccc3c(C(F)(F)F)c(O[C@H]4CC[C@@H](C(F)(F)F)CC4)ccc23)C1. The van der Waals surface area contributed by atoms with Crippen LogP contribution in [0.25, 0.3) is 10.8 Å². The van der Waals surface area contributed by atoms with Gasteiger partial charge in [-0.3, -0.25) is 9.69 Å². The molecule has 1 heterocycles. The molecule has 1 aliphatic heterocycles. The average Bonchev–Trinajstić information content (AvgIpc) is 2.83. The van der Waals surface area contributed by atoms with Crippen molar-refractivity contribution in [3.8, 4) is 5.75 Å². The molecule has 10 heteroatoms. The molecule has 1 saturated carbocycles. The zero-order chi connectivity index (χ0) is 26.8. The highest BCUT2D eigenvalue weighted by molar-refractivity contribution is 5.91. The Kier molecular flexibility index (Phi) is 8.26. The lowest BCUT2D eigenvalue weighted by Crippen LogP contribution is -2.36. The predicted octanol–water partition coefficient (Wildman–Crippen LogP) is 7.13. The molecule has 2 aromatic carbocycles. The zero-order valence-electron chi connectivity index (χ0n) is 20.6. The first-order valence-corrected chi connectivity index (χ1v) is 12.6. The molecule has 204 valence electrons. The number of carbonyl (C=O) groups is 1. The van der Waals surface area contributed by atoms with Crippen LogP contribution in [0.3, 0.4) is 0 Å². The summed E-state index contributed by atoms with van der Waals surface area (Å²) in [7, 11) is 1.35. The van der Waals surface area contributed by atoms with Crippen LogP contribution in [0.1, 0.15) is 56.1 Å². The van der Waals surface area contributed by atoms with Crippen LogP contribution >= 0.6 is 0 Å². The predicted molar refractivity (Wildman–Crippen MR) is 126 cm³/mol. The van der Waals surface area contributed by atoms with E-state index in [0.717, 1.165) is 24.9 Å². The van der Waals surface area contributed by atoms with E-state index < -0.39 is 29.9 Å². The number of methoxy groups -OCH3 is 1. The molecule has 0 bridgehead atoms. The van der Waals surface area contributed by atoms with E-state index in [-0.39, 0.29) is 48.7 Å². The van der Waals surface area contributed by atoms with E-state index in [1.54, 1.807) is 18.2 Å². The summed E-state index contributed by atoms with van der Waals surface area (Å²) in [6.45, 7) is 1.87. The number of ether oxygens (including phenoxy) is 2. The van der Waals surface area contributed by atoms with Crippen LogP contribution in [-0.4, -0.2) is 43.3 Å². The molecule has 2 aliphatic rings. The number of hydrogen-bond donors (Lipinski definition) is 0. The summed E-state index contributed by atoms with van der Waals surface area (Å²) in [6.07, 6.45) is -7.79. The largest absolute Gasteiger partial charge is 0.490 e. The average molecular weight is 532 g/mol. The molecule has 0 N–H and O–H groups in total. The monoisotopic (exact) mass is 531 g/mol. The molecule has 0 spiro atoms. The smallest absolute Gasteiger partial charge is 0.420 e. The summed E-state index contributed by atoms with van der Waals surface area (Å²) in [6, 6.07) is 7.69. The van der Waals surface area contributed by atoms with Gasteiger partial charge in [0.05, 0.1) is 19.1 Å². The Morgan fingerprint density at radius 1 is 0.973 bits per heavy atom. The van der Waals surface area contributed by atoms with Crippen molar-refractivity contribution in [2.75, 3.05) is 20.2 Å². The quantitative estimate of drug-likeness (QED) is 0.294. The molecule has 2 fully saturated rings. The number of hydrogen-bond acceptors (Lipinski definition) is 4. The third kappa shape index (κ3) is 6.69. The van der Waals surface area contributed by atoms with E-state index in [0.29, 0.717) is 24.9 Å². The molecule has 4 nitrogen and oxygen atoms in total. The van der Waals surface area contributed by atoms with Crippen molar-refractivity contribution in [1.29, 1.82) is 0 Å². The molecule has 0 aromatic heterocycles. The number of likely N-dealkylation sites (tertiary alicyclic amines) is 1. The third-order valence-electron chi connectivity index (χ3n) is 7.51. The van der Waals surface area contributed by atoms with Crippen LogP contribution in [0, 0.1) is 11.8 Å². The van der Waals surface area contributed by atoms with Gasteiger partial charge in [0.25, 0.3) is 0 Å². The van der Waals surface area contributed by atoms with Gasteiger partial charge >= 0.3 is 18.3 Å². The Morgan fingerprint density at radius 3 is 2.35 bits per heavy atom. The van der Waals surface area contributed by atoms with Crippen molar-refractivity contribution in [3.63, 3.8) is 0 Å². The van der Waals surface area contributed by atoms with E-state index >= 15 is 0 Å². The van der Waals surface area contributed by atoms with Crippen LogP contribution in [-0.2, 0) is 22.3 Å². The maximum atomic E-state index is 14.3. The molecular formula is C27H31F6NO3. The van der Waals surface area contributed by atoms with Crippen molar-refractivity contribution in [2.24, 2.45) is 11.8 Å². The Labute approximate surface area is 211 Å². The van der Waals surface area contributed by atoms with Crippen LogP contribution in [0.5, 0.6) is 5.75 Å². The van der Waals surface area contributed by atoms with Gasteiger partial charge in [-0.25, -0.2) is 0 Å². The highest BCUT2D eigenvalue weighted by Crippen LogP contribution is 2.44. The fraction of sp³-hybridized carbons (Fsp3) is 0.593. The first-order chi connectivity index (χ1) is 17.5. The second-order valence-corrected chi connectivity index (χ2v) is 10.1. The lowest BCUT2D eigenvalue weighted by Gasteiger charge is -2.33. The van der Waals surface area contributed by atoms with E-state index in [1.165, 1.54) is 19.2 Å². The van der Waals surface area contributed by atoms with Gasteiger partial charge in [0.15, 0.2) is 0 Å². The minimum absolute atomic E-state index is 0.00889. The third-order valence-corrected chi connectivity index (χ3v) is 7.51. The van der Waals surface area contributed by atoms with Crippen LogP contribution in [0.2, 0.25) is 0 Å². The van der Waals surface area contributed by atoms with Crippen molar-refractivity contribution < 1.29 is 40.6 Å². The lowest BCUT2D eigenvalue weighted by molar-refractivity contribution is -0.185. The van der Waals surface area contributed by atoms with Crippen LogP contribution in [0.4, 0.5) is 26.3 Å². The van der Waals surface area contributed by atoms with Gasteiger partial charge in [-0.1, -0.05) is 24.3 Å². The number of carbonyl (C=O) groups excluding carboxylic acids is 1. The highest BCUT2D eigenvalue weighted by atomic mass is 19.4. The maximum Gasteiger partial charge on any atom is 0.420 e. The van der Waals surface area contributed by atoms with E-state index in [2.05, 4.69) is 4.90 Å². The van der Waals surface area contributed by atoms with Gasteiger partial charge in [0.1, 0.15) is 11.3 Å². The Bertz CT molecular complexity index is 1090. The van der Waals surface area contributed by atoms with Gasteiger partial charge in [-0.15, -0.1) is 0 Å². The van der Waals surface area contributed by atoms with Crippen molar-refractivity contribution in [3.05, 3.63) is 41.5 Å². The van der Waals surface area contributed by atoms with Crippen LogP contribution < -0.4 is 4.74 Å². The first kappa shape index (κ1) is 27.5. The number of fused-ring (bicyclic) bond motifs is 1. The summed E-state index contributed by atoms with van der Waals surface area (Å²) >= 11 is 0. The van der Waals surface area contributed by atoms with Gasteiger partial charge in [0.2, 0.25) is 0 Å². The van der Waals surface area contributed by atoms with Crippen molar-refractivity contribution in [1.82, 2.24) is 4.90 Å². The summed E-state index contributed by atoms with van der Waals surface area (Å²) in [4.78, 5) is 13.8.